The van der Waals surface area contributed by atoms with Crippen molar-refractivity contribution in [1.29, 1.82) is 0 Å². The van der Waals surface area contributed by atoms with Crippen molar-refractivity contribution in [2.24, 2.45) is 5.41 Å². The van der Waals surface area contributed by atoms with Gasteiger partial charge in [0.25, 0.3) is 0 Å². The highest BCUT2D eigenvalue weighted by molar-refractivity contribution is 4.84. The van der Waals surface area contributed by atoms with Crippen LogP contribution in [0.4, 0.5) is 0 Å². The molecule has 0 spiro atoms. The lowest BCUT2D eigenvalue weighted by molar-refractivity contribution is 0.348. The van der Waals surface area contributed by atoms with Crippen LogP contribution in [0.5, 0.6) is 0 Å². The normalized spacial score (nSPS) is 13.0. The molecule has 0 aliphatic rings. The molecule has 0 aromatic carbocycles. The molecule has 0 aliphatic carbocycles. The highest BCUT2D eigenvalue weighted by atomic mass is 15.3. The maximum absolute atomic E-state index is 4.48. The van der Waals surface area contributed by atoms with Crippen LogP contribution >= 0.6 is 0 Å². The summed E-state index contributed by atoms with van der Waals surface area (Å²) >= 11 is 0. The van der Waals surface area contributed by atoms with Crippen LogP contribution in [-0.2, 0) is 13.1 Å². The third kappa shape index (κ3) is 6.74. The molecule has 0 radical (unpaired) electrons. The zero-order valence-electron chi connectivity index (χ0n) is 12.7. The van der Waals surface area contributed by atoms with E-state index in [0.29, 0.717) is 5.41 Å². The minimum Gasteiger partial charge on any atom is -0.305 e. The Morgan fingerprint density at radius 3 is 2.39 bits per heavy atom. The number of aromatic nitrogens is 3. The number of nitrogens with one attached hydrogen (secondary N) is 1. The Morgan fingerprint density at radius 2 is 1.83 bits per heavy atom. The van der Waals surface area contributed by atoms with E-state index in [-0.39, 0.29) is 5.54 Å². The van der Waals surface area contributed by atoms with Crippen molar-refractivity contribution >= 4 is 0 Å². The van der Waals surface area contributed by atoms with Crippen LogP contribution in [0.25, 0.3) is 0 Å². The molecule has 0 saturated carbocycles. The van der Waals surface area contributed by atoms with Crippen LogP contribution in [0.1, 0.15) is 60.2 Å². The predicted molar refractivity (Wildman–Crippen MR) is 75.3 cm³/mol. The van der Waals surface area contributed by atoms with E-state index in [9.17, 15) is 0 Å². The lowest BCUT2D eigenvalue weighted by Crippen LogP contribution is -2.35. The Balaban J connectivity index is 2.35. The number of nitrogens with zero attached hydrogens (tertiary/aromatic N) is 3. The summed E-state index contributed by atoms with van der Waals surface area (Å²) in [7, 11) is 0. The highest BCUT2D eigenvalue weighted by Gasteiger charge is 2.11. The molecule has 18 heavy (non-hydrogen) atoms. The van der Waals surface area contributed by atoms with Gasteiger partial charge in [0.15, 0.2) is 5.82 Å². The van der Waals surface area contributed by atoms with Gasteiger partial charge in [-0.3, -0.25) is 4.68 Å². The quantitative estimate of drug-likeness (QED) is 0.876. The fourth-order valence-corrected chi connectivity index (χ4v) is 1.64. The second-order valence-electron chi connectivity index (χ2n) is 7.19. The van der Waals surface area contributed by atoms with Crippen molar-refractivity contribution in [1.82, 2.24) is 20.1 Å². The Labute approximate surface area is 111 Å². The van der Waals surface area contributed by atoms with Gasteiger partial charge in [-0.1, -0.05) is 20.8 Å². The molecule has 1 rings (SSSR count). The van der Waals surface area contributed by atoms with Crippen molar-refractivity contribution in [3.05, 3.63) is 12.2 Å². The fraction of sp³-hybridized carbons (Fsp3) is 0.857. The Morgan fingerprint density at radius 1 is 1.17 bits per heavy atom. The predicted octanol–water partition coefficient (Wildman–Crippen LogP) is 2.99. The van der Waals surface area contributed by atoms with E-state index in [0.717, 1.165) is 25.3 Å². The third-order valence-corrected chi connectivity index (χ3v) is 2.67. The number of aryl methyl sites for hydroxylation is 1. The van der Waals surface area contributed by atoms with Gasteiger partial charge >= 0.3 is 0 Å². The van der Waals surface area contributed by atoms with Gasteiger partial charge in [0.1, 0.15) is 6.33 Å². The van der Waals surface area contributed by atoms with Crippen molar-refractivity contribution in [2.75, 3.05) is 0 Å². The molecular weight excluding hydrogens is 224 g/mol. The van der Waals surface area contributed by atoms with E-state index in [4.69, 9.17) is 0 Å². The lowest BCUT2D eigenvalue weighted by Gasteiger charge is -2.19. The first kappa shape index (κ1) is 15.2. The maximum atomic E-state index is 4.48. The average molecular weight is 252 g/mol. The van der Waals surface area contributed by atoms with Gasteiger partial charge in [-0.05, 0) is 39.0 Å². The first-order valence-electron chi connectivity index (χ1n) is 6.79. The first-order chi connectivity index (χ1) is 8.16. The average Bonchev–Trinajstić information content (AvgIpc) is 2.60. The monoisotopic (exact) mass is 252 g/mol. The van der Waals surface area contributed by atoms with Crippen molar-refractivity contribution in [3.8, 4) is 0 Å². The van der Waals surface area contributed by atoms with E-state index in [1.54, 1.807) is 0 Å². The summed E-state index contributed by atoms with van der Waals surface area (Å²) in [5, 5.41) is 7.87. The summed E-state index contributed by atoms with van der Waals surface area (Å²) in [5.74, 6) is 0.876. The Kier molecular flexibility index (Phi) is 4.91. The standard InChI is InChI=1S/C14H28N4/c1-13(2,3)8-7-9-18-11-15-12(17-18)10-16-14(4,5)6/h11,16H,7-10H2,1-6H3. The summed E-state index contributed by atoms with van der Waals surface area (Å²) in [4.78, 5) is 4.32. The van der Waals surface area contributed by atoms with E-state index in [2.05, 4.69) is 56.9 Å². The minimum absolute atomic E-state index is 0.109. The second-order valence-corrected chi connectivity index (χ2v) is 7.19. The summed E-state index contributed by atoms with van der Waals surface area (Å²) in [6.07, 6.45) is 4.20. The molecule has 1 heterocycles. The zero-order chi connectivity index (χ0) is 13.8. The summed E-state index contributed by atoms with van der Waals surface area (Å²) < 4.78 is 1.95. The first-order valence-corrected chi connectivity index (χ1v) is 6.79. The number of rotatable bonds is 5. The van der Waals surface area contributed by atoms with E-state index >= 15 is 0 Å². The molecule has 4 nitrogen and oxygen atoms in total. The van der Waals surface area contributed by atoms with Gasteiger partial charge in [-0.25, -0.2) is 4.98 Å². The van der Waals surface area contributed by atoms with Gasteiger partial charge in [0.2, 0.25) is 0 Å². The topological polar surface area (TPSA) is 42.7 Å². The second kappa shape index (κ2) is 5.83. The summed E-state index contributed by atoms with van der Waals surface area (Å²) in [5.41, 5.74) is 0.509. The van der Waals surface area contributed by atoms with Crippen LogP contribution < -0.4 is 5.32 Å². The molecule has 0 atom stereocenters. The van der Waals surface area contributed by atoms with Crippen LogP contribution in [-0.4, -0.2) is 20.3 Å². The van der Waals surface area contributed by atoms with E-state index in [1.165, 1.54) is 6.42 Å². The smallest absolute Gasteiger partial charge is 0.164 e. The largest absolute Gasteiger partial charge is 0.305 e. The lowest BCUT2D eigenvalue weighted by atomic mass is 9.91. The molecule has 0 amide bonds. The number of hydrogen-bond acceptors (Lipinski definition) is 3. The molecule has 0 aliphatic heterocycles. The molecule has 4 heteroatoms. The van der Waals surface area contributed by atoms with Crippen molar-refractivity contribution < 1.29 is 0 Å². The van der Waals surface area contributed by atoms with E-state index in [1.807, 2.05) is 11.0 Å². The molecule has 1 N–H and O–H groups in total. The van der Waals surface area contributed by atoms with Crippen LogP contribution in [0.2, 0.25) is 0 Å². The summed E-state index contributed by atoms with van der Waals surface area (Å²) in [6.45, 7) is 14.9. The van der Waals surface area contributed by atoms with Crippen LogP contribution in [0.3, 0.4) is 0 Å². The van der Waals surface area contributed by atoms with Crippen LogP contribution in [0, 0.1) is 5.41 Å². The summed E-state index contributed by atoms with van der Waals surface area (Å²) in [6, 6.07) is 0. The molecule has 0 unspecified atom stereocenters. The maximum Gasteiger partial charge on any atom is 0.164 e. The van der Waals surface area contributed by atoms with Crippen LogP contribution in [0.15, 0.2) is 6.33 Å². The molecule has 1 aromatic rings. The molecule has 0 saturated heterocycles. The van der Waals surface area contributed by atoms with Gasteiger partial charge in [0, 0.05) is 12.1 Å². The van der Waals surface area contributed by atoms with Gasteiger partial charge in [-0.15, -0.1) is 0 Å². The fourth-order valence-electron chi connectivity index (χ4n) is 1.64. The minimum atomic E-state index is 0.109. The van der Waals surface area contributed by atoms with E-state index < -0.39 is 0 Å². The van der Waals surface area contributed by atoms with Gasteiger partial charge in [0.05, 0.1) is 6.54 Å². The molecule has 0 bridgehead atoms. The molecule has 1 aromatic heterocycles. The Bertz CT molecular complexity index is 355. The third-order valence-electron chi connectivity index (χ3n) is 2.67. The van der Waals surface area contributed by atoms with Crippen molar-refractivity contribution in [2.45, 2.75) is 73.0 Å². The number of hydrogen-bond donors (Lipinski definition) is 1. The highest BCUT2D eigenvalue weighted by Crippen LogP contribution is 2.20. The van der Waals surface area contributed by atoms with Crippen molar-refractivity contribution in [3.63, 3.8) is 0 Å². The molecule has 0 fully saturated rings. The molecule has 104 valence electrons. The van der Waals surface area contributed by atoms with Gasteiger partial charge in [-0.2, -0.15) is 5.10 Å². The van der Waals surface area contributed by atoms with Gasteiger partial charge < -0.3 is 5.32 Å². The zero-order valence-corrected chi connectivity index (χ0v) is 12.7. The molecular formula is C14H28N4. The Hall–Kier alpha value is -0.900. The SMILES string of the molecule is CC(C)(C)CCCn1cnc(CNC(C)(C)C)n1.